The first kappa shape index (κ1) is 29.9. The summed E-state index contributed by atoms with van der Waals surface area (Å²) in [5.74, 6) is 0.598. The summed E-state index contributed by atoms with van der Waals surface area (Å²) in [6.07, 6.45) is 2.91. The van der Waals surface area contributed by atoms with Crippen molar-refractivity contribution in [1.29, 1.82) is 0 Å². The maximum absolute atomic E-state index is 12.6. The molecule has 200 valence electrons. The van der Waals surface area contributed by atoms with Gasteiger partial charge in [-0.25, -0.2) is 0 Å². The largest absolute Gasteiger partial charge is 0.489 e. The molecule has 0 radical (unpaired) electrons. The van der Waals surface area contributed by atoms with Gasteiger partial charge in [-0.3, -0.25) is 4.79 Å². The molecule has 8 heteroatoms. The third-order valence-corrected chi connectivity index (χ3v) is 7.48. The molecule has 0 atom stereocenters. The highest BCUT2D eigenvalue weighted by Crippen LogP contribution is 2.42. The highest BCUT2D eigenvalue weighted by Gasteiger charge is 2.34. The number of ether oxygens (including phenoxy) is 2. The highest BCUT2D eigenvalue weighted by molar-refractivity contribution is 7.95. The Morgan fingerprint density at radius 1 is 0.833 bits per heavy atom. The van der Waals surface area contributed by atoms with E-state index in [1.54, 1.807) is 13.0 Å². The highest BCUT2D eigenvalue weighted by atomic mass is 32.2. The van der Waals surface area contributed by atoms with Gasteiger partial charge in [-0.1, -0.05) is 52.0 Å². The Morgan fingerprint density at radius 2 is 1.33 bits per heavy atom. The maximum Gasteiger partial charge on any atom is 0.479 e. The van der Waals surface area contributed by atoms with E-state index in [4.69, 9.17) is 13.7 Å². The summed E-state index contributed by atoms with van der Waals surface area (Å²) in [4.78, 5) is 11.6. The fourth-order valence-corrected chi connectivity index (χ4v) is 4.99. The van der Waals surface area contributed by atoms with Gasteiger partial charge < -0.3 is 13.7 Å². The quantitative estimate of drug-likeness (QED) is 0.205. The number of carbonyl (C=O) groups is 1. The Bertz CT molecular complexity index is 1030. The van der Waals surface area contributed by atoms with Crippen LogP contribution in [0.2, 0.25) is 0 Å². The molecule has 0 aliphatic heterocycles. The van der Waals surface area contributed by atoms with Gasteiger partial charge in [0.15, 0.2) is 12.0 Å². The molecule has 0 fully saturated rings. The van der Waals surface area contributed by atoms with Crippen LogP contribution in [0.15, 0.2) is 36.4 Å². The van der Waals surface area contributed by atoms with Crippen LogP contribution in [-0.4, -0.2) is 23.7 Å². The maximum atomic E-state index is 12.6. The predicted molar refractivity (Wildman–Crippen MR) is 139 cm³/mol. The van der Waals surface area contributed by atoms with Crippen LogP contribution in [0, 0.1) is 13.8 Å². The fraction of sp³-hybridized carbons (Fsp3) is 0.536. The van der Waals surface area contributed by atoms with Crippen molar-refractivity contribution in [3.8, 4) is 11.5 Å². The minimum atomic E-state index is -4.46. The predicted octanol–water partition coefficient (Wildman–Crippen LogP) is 8.46. The number of esters is 1. The summed E-state index contributed by atoms with van der Waals surface area (Å²) in [6, 6.07) is 11.5. The third-order valence-electron chi connectivity index (χ3n) is 7.03. The van der Waals surface area contributed by atoms with Gasteiger partial charge in [0.05, 0.1) is 0 Å². The lowest BCUT2D eigenvalue weighted by Crippen LogP contribution is -2.39. The van der Waals surface area contributed by atoms with Crippen LogP contribution in [0.5, 0.6) is 11.5 Å². The van der Waals surface area contributed by atoms with E-state index in [0.29, 0.717) is 18.4 Å². The summed E-state index contributed by atoms with van der Waals surface area (Å²) in [6.45, 7) is 13.6. The molecule has 4 nitrogen and oxygen atoms in total. The lowest BCUT2D eigenvalue weighted by atomic mass is 9.70. The van der Waals surface area contributed by atoms with Gasteiger partial charge in [0.2, 0.25) is 0 Å². The summed E-state index contributed by atoms with van der Waals surface area (Å²) in [5.41, 5.74) is -1.72. The van der Waals surface area contributed by atoms with Crippen molar-refractivity contribution in [2.45, 2.75) is 90.7 Å². The average molecular weight is 527 g/mol. The normalized spacial score (nSPS) is 12.4. The molecule has 2 aromatic carbocycles. The van der Waals surface area contributed by atoms with Gasteiger partial charge in [0.1, 0.15) is 23.7 Å². The lowest BCUT2D eigenvalue weighted by Gasteiger charge is -2.34. The van der Waals surface area contributed by atoms with Crippen molar-refractivity contribution in [1.82, 2.24) is 0 Å². The van der Waals surface area contributed by atoms with Crippen molar-refractivity contribution in [2.24, 2.45) is 0 Å². The van der Waals surface area contributed by atoms with Crippen LogP contribution in [0.25, 0.3) is 0 Å². The number of halogens is 3. The van der Waals surface area contributed by atoms with Gasteiger partial charge in [-0.2, -0.15) is 13.2 Å². The molecular weight excluding hydrogens is 489 g/mol. The molecule has 36 heavy (non-hydrogen) atoms. The topological polar surface area (TPSA) is 44.8 Å². The Balaban J connectivity index is 2.34. The van der Waals surface area contributed by atoms with Crippen LogP contribution >= 0.6 is 12.0 Å². The van der Waals surface area contributed by atoms with Gasteiger partial charge in [0, 0.05) is 12.3 Å². The van der Waals surface area contributed by atoms with Crippen LogP contribution in [0.3, 0.4) is 0 Å². The lowest BCUT2D eigenvalue weighted by molar-refractivity contribution is -0.161. The molecule has 0 bridgehead atoms. The number of aryl methyl sites for hydroxylation is 2. The monoisotopic (exact) mass is 526 g/mol. The SMILES string of the molecule is CCC(CC)(COc1ccc(C(CC)(CC)c2ccc(OSC(F)(F)F)c(C)c2)cc1C)OC(C)=O. The second kappa shape index (κ2) is 12.3. The molecular formula is C28H37F3O4S. The van der Waals surface area contributed by atoms with Crippen molar-refractivity contribution in [2.75, 3.05) is 6.61 Å². The van der Waals surface area contributed by atoms with Crippen molar-refractivity contribution >= 4 is 18.0 Å². The number of hydrogen-bond donors (Lipinski definition) is 0. The molecule has 0 saturated carbocycles. The second-order valence-electron chi connectivity index (χ2n) is 9.13. The first-order valence-corrected chi connectivity index (χ1v) is 13.1. The molecule has 0 amide bonds. The van der Waals surface area contributed by atoms with E-state index in [9.17, 15) is 18.0 Å². The Hall–Kier alpha value is -2.35. The van der Waals surface area contributed by atoms with E-state index in [2.05, 4.69) is 19.9 Å². The summed E-state index contributed by atoms with van der Waals surface area (Å²) in [7, 11) is 0. The molecule has 2 aromatic rings. The molecule has 0 saturated heterocycles. The molecule has 0 heterocycles. The smallest absolute Gasteiger partial charge is 0.479 e. The van der Waals surface area contributed by atoms with Crippen LogP contribution in [0.4, 0.5) is 13.2 Å². The summed E-state index contributed by atoms with van der Waals surface area (Å²) < 4.78 is 54.3. The van der Waals surface area contributed by atoms with E-state index < -0.39 is 23.2 Å². The van der Waals surface area contributed by atoms with Crippen LogP contribution in [-0.2, 0) is 14.9 Å². The fourth-order valence-electron chi connectivity index (χ4n) is 4.62. The van der Waals surface area contributed by atoms with E-state index in [0.717, 1.165) is 35.3 Å². The van der Waals surface area contributed by atoms with E-state index >= 15 is 0 Å². The van der Waals surface area contributed by atoms with E-state index in [-0.39, 0.29) is 23.7 Å². The Morgan fingerprint density at radius 3 is 1.72 bits per heavy atom. The van der Waals surface area contributed by atoms with Crippen molar-refractivity contribution < 1.29 is 31.6 Å². The average Bonchev–Trinajstić information content (AvgIpc) is 2.82. The van der Waals surface area contributed by atoms with Gasteiger partial charge in [0.25, 0.3) is 0 Å². The molecule has 0 N–H and O–H groups in total. The Labute approximate surface area is 217 Å². The van der Waals surface area contributed by atoms with Crippen LogP contribution < -0.4 is 8.92 Å². The van der Waals surface area contributed by atoms with Crippen LogP contribution in [0.1, 0.15) is 82.6 Å². The first-order valence-electron chi connectivity index (χ1n) is 12.3. The summed E-state index contributed by atoms with van der Waals surface area (Å²) in [5, 5.41) is 0. The zero-order valence-corrected chi connectivity index (χ0v) is 23.0. The zero-order valence-electron chi connectivity index (χ0n) is 22.2. The molecule has 0 aliphatic carbocycles. The van der Waals surface area contributed by atoms with Gasteiger partial charge >= 0.3 is 11.5 Å². The zero-order chi connectivity index (χ0) is 27.1. The second-order valence-corrected chi connectivity index (χ2v) is 9.93. The van der Waals surface area contributed by atoms with Gasteiger partial charge in [-0.15, -0.1) is 0 Å². The number of carbonyl (C=O) groups excluding carboxylic acids is 1. The first-order chi connectivity index (χ1) is 16.8. The van der Waals surface area contributed by atoms with E-state index in [1.807, 2.05) is 45.0 Å². The van der Waals surface area contributed by atoms with E-state index in [1.165, 1.54) is 6.92 Å². The third kappa shape index (κ3) is 7.11. The van der Waals surface area contributed by atoms with Gasteiger partial charge in [-0.05, 0) is 73.9 Å². The standard InChI is InChI=1S/C28H37F3O4S/c1-8-26(9-2,34-21(7)32)18-33-24-14-12-22(16-19(24)5)27(10-3,11-4)23-13-15-25(20(6)17-23)35-36-28(29,30)31/h12-17H,8-11,18H2,1-7H3. The Kier molecular flexibility index (Phi) is 10.2. The number of hydrogen-bond acceptors (Lipinski definition) is 5. The minimum Gasteiger partial charge on any atom is -0.489 e. The molecule has 0 aromatic heterocycles. The number of benzene rings is 2. The number of alkyl halides is 3. The molecule has 0 spiro atoms. The molecule has 0 aliphatic rings. The van der Waals surface area contributed by atoms with Crippen molar-refractivity contribution in [3.63, 3.8) is 0 Å². The number of rotatable bonds is 12. The molecule has 2 rings (SSSR count). The minimum absolute atomic E-state index is 0.199. The summed E-state index contributed by atoms with van der Waals surface area (Å²) >= 11 is -0.503. The molecule has 0 unspecified atom stereocenters. The van der Waals surface area contributed by atoms with Crippen molar-refractivity contribution in [3.05, 3.63) is 58.7 Å².